The molecule has 1 aliphatic heterocycles. The number of carbonyl (C=O) groups excluding carboxylic acids is 1. The van der Waals surface area contributed by atoms with Crippen LogP contribution in [0.3, 0.4) is 0 Å². The number of methoxy groups -OCH3 is 1. The number of likely N-dealkylation sites (tertiary alicyclic amines) is 1. The zero-order chi connectivity index (χ0) is 19.1. The quantitative estimate of drug-likeness (QED) is 0.635. The van der Waals surface area contributed by atoms with Gasteiger partial charge in [0.2, 0.25) is 0 Å². The number of rotatable bonds is 5. The molecule has 0 radical (unpaired) electrons. The molecule has 27 heavy (non-hydrogen) atoms. The summed E-state index contributed by atoms with van der Waals surface area (Å²) in [7, 11) is 1.41. The molecule has 4 nitrogen and oxygen atoms in total. The van der Waals surface area contributed by atoms with Crippen molar-refractivity contribution in [1.82, 2.24) is 4.90 Å². The standard InChI is InChI=1S/C23H31NO3/c1-27-22(26)23(15-6-3-7-16-23)21(25)14-10-13-20(24-17-8-9-18-24)19-11-4-2-5-12-19/h2,4-5,11-12,20-21,25H,3,6-9,14-18H2,1H3. The van der Waals surface area contributed by atoms with Crippen LogP contribution in [0.5, 0.6) is 0 Å². The van der Waals surface area contributed by atoms with Gasteiger partial charge in [0.05, 0.1) is 24.7 Å². The van der Waals surface area contributed by atoms with E-state index in [2.05, 4.69) is 28.9 Å². The fourth-order valence-corrected chi connectivity index (χ4v) is 4.53. The van der Waals surface area contributed by atoms with E-state index in [1.54, 1.807) is 0 Å². The molecule has 0 amide bonds. The molecule has 2 fully saturated rings. The third-order valence-electron chi connectivity index (χ3n) is 6.13. The summed E-state index contributed by atoms with van der Waals surface area (Å²) in [5.74, 6) is 6.32. The molecular weight excluding hydrogens is 338 g/mol. The summed E-state index contributed by atoms with van der Waals surface area (Å²) in [6, 6.07) is 10.4. The lowest BCUT2D eigenvalue weighted by Gasteiger charge is -2.37. The Bertz CT molecular complexity index is 664. The Hall–Kier alpha value is -1.83. The second kappa shape index (κ2) is 9.39. The smallest absolute Gasteiger partial charge is 0.314 e. The van der Waals surface area contributed by atoms with Crippen molar-refractivity contribution in [3.8, 4) is 11.8 Å². The monoisotopic (exact) mass is 369 g/mol. The molecule has 0 bridgehead atoms. The minimum Gasteiger partial charge on any atom is -0.469 e. The number of carbonyl (C=O) groups is 1. The highest BCUT2D eigenvalue weighted by Crippen LogP contribution is 2.41. The largest absolute Gasteiger partial charge is 0.469 e. The van der Waals surface area contributed by atoms with Crippen LogP contribution in [0.4, 0.5) is 0 Å². The average molecular weight is 370 g/mol. The predicted molar refractivity (Wildman–Crippen MR) is 106 cm³/mol. The molecule has 3 rings (SSSR count). The molecule has 1 aliphatic carbocycles. The molecule has 1 heterocycles. The lowest BCUT2D eigenvalue weighted by molar-refractivity contribution is -0.163. The number of benzene rings is 1. The van der Waals surface area contributed by atoms with Crippen molar-refractivity contribution >= 4 is 5.97 Å². The molecule has 1 aromatic carbocycles. The molecule has 0 spiro atoms. The summed E-state index contributed by atoms with van der Waals surface area (Å²) < 4.78 is 5.04. The van der Waals surface area contributed by atoms with E-state index < -0.39 is 11.5 Å². The molecule has 2 aliphatic rings. The van der Waals surface area contributed by atoms with Gasteiger partial charge < -0.3 is 9.84 Å². The Morgan fingerprint density at radius 1 is 1.15 bits per heavy atom. The maximum Gasteiger partial charge on any atom is 0.314 e. The highest BCUT2D eigenvalue weighted by Gasteiger charge is 2.46. The van der Waals surface area contributed by atoms with Crippen LogP contribution >= 0.6 is 0 Å². The average Bonchev–Trinajstić information content (AvgIpc) is 3.26. The molecular formula is C23H31NO3. The van der Waals surface area contributed by atoms with Crippen molar-refractivity contribution in [2.24, 2.45) is 5.41 Å². The molecule has 1 saturated heterocycles. The molecule has 4 heteroatoms. The Morgan fingerprint density at radius 2 is 1.81 bits per heavy atom. The van der Waals surface area contributed by atoms with E-state index in [4.69, 9.17) is 4.74 Å². The first kappa shape index (κ1) is 19.9. The number of aliphatic hydroxyl groups excluding tert-OH is 1. The number of esters is 1. The Kier molecular flexibility index (Phi) is 6.93. The van der Waals surface area contributed by atoms with Crippen LogP contribution in [-0.4, -0.2) is 42.3 Å². The fourth-order valence-electron chi connectivity index (χ4n) is 4.53. The van der Waals surface area contributed by atoms with Gasteiger partial charge in [-0.05, 0) is 44.3 Å². The van der Waals surface area contributed by atoms with Crippen LogP contribution in [0.25, 0.3) is 0 Å². The number of hydrogen-bond acceptors (Lipinski definition) is 4. The van der Waals surface area contributed by atoms with Crippen molar-refractivity contribution in [3.05, 3.63) is 35.9 Å². The Balaban J connectivity index is 1.75. The van der Waals surface area contributed by atoms with Crippen molar-refractivity contribution in [3.63, 3.8) is 0 Å². The minimum atomic E-state index is -0.780. The summed E-state index contributed by atoms with van der Waals surface area (Å²) in [5.41, 5.74) is 0.416. The second-order valence-electron chi connectivity index (χ2n) is 7.81. The van der Waals surface area contributed by atoms with Crippen LogP contribution in [0.15, 0.2) is 30.3 Å². The van der Waals surface area contributed by atoms with E-state index in [9.17, 15) is 9.90 Å². The van der Waals surface area contributed by atoms with Gasteiger partial charge in [-0.15, -0.1) is 0 Å². The van der Waals surface area contributed by atoms with E-state index in [1.165, 1.54) is 25.5 Å². The van der Waals surface area contributed by atoms with Gasteiger partial charge in [0, 0.05) is 6.42 Å². The maximum absolute atomic E-state index is 12.4. The molecule has 0 aromatic heterocycles. The van der Waals surface area contributed by atoms with Crippen LogP contribution < -0.4 is 0 Å². The van der Waals surface area contributed by atoms with Gasteiger partial charge in [-0.25, -0.2) is 0 Å². The predicted octanol–water partition coefficient (Wildman–Crippen LogP) is 3.70. The number of aliphatic hydroxyl groups is 1. The topological polar surface area (TPSA) is 49.8 Å². The van der Waals surface area contributed by atoms with E-state index in [-0.39, 0.29) is 12.0 Å². The van der Waals surface area contributed by atoms with Crippen LogP contribution in [0.1, 0.15) is 63.0 Å². The third kappa shape index (κ3) is 4.54. The minimum absolute atomic E-state index is 0.0568. The summed E-state index contributed by atoms with van der Waals surface area (Å²) in [6.07, 6.45) is 6.37. The first-order valence-corrected chi connectivity index (χ1v) is 10.2. The van der Waals surface area contributed by atoms with Crippen molar-refractivity contribution in [1.29, 1.82) is 0 Å². The van der Waals surface area contributed by atoms with E-state index >= 15 is 0 Å². The van der Waals surface area contributed by atoms with Gasteiger partial charge in [0.25, 0.3) is 0 Å². The lowest BCUT2D eigenvalue weighted by atomic mass is 9.69. The summed E-state index contributed by atoms with van der Waals surface area (Å²) in [4.78, 5) is 14.8. The fraction of sp³-hybridized carbons (Fsp3) is 0.609. The van der Waals surface area contributed by atoms with E-state index in [0.29, 0.717) is 19.3 Å². The zero-order valence-corrected chi connectivity index (χ0v) is 16.3. The van der Waals surface area contributed by atoms with Crippen molar-refractivity contribution in [2.75, 3.05) is 20.2 Å². The molecule has 1 aromatic rings. The Labute approximate surface area is 162 Å². The van der Waals surface area contributed by atoms with Crippen LogP contribution in [0.2, 0.25) is 0 Å². The first-order chi connectivity index (χ1) is 13.2. The normalized spacial score (nSPS) is 21.7. The first-order valence-electron chi connectivity index (χ1n) is 10.2. The van der Waals surface area contributed by atoms with Crippen LogP contribution in [-0.2, 0) is 9.53 Å². The Morgan fingerprint density at radius 3 is 2.44 bits per heavy atom. The van der Waals surface area contributed by atoms with Gasteiger partial charge in [0.15, 0.2) is 0 Å². The molecule has 1 saturated carbocycles. The van der Waals surface area contributed by atoms with Crippen molar-refractivity contribution < 1.29 is 14.6 Å². The van der Waals surface area contributed by atoms with Crippen LogP contribution in [0, 0.1) is 17.3 Å². The van der Waals surface area contributed by atoms with Gasteiger partial charge >= 0.3 is 5.97 Å². The van der Waals surface area contributed by atoms with E-state index in [1.807, 2.05) is 18.2 Å². The molecule has 2 unspecified atom stereocenters. The van der Waals surface area contributed by atoms with Gasteiger partial charge in [0.1, 0.15) is 0 Å². The number of ether oxygens (including phenoxy) is 1. The molecule has 1 N–H and O–H groups in total. The zero-order valence-electron chi connectivity index (χ0n) is 16.3. The number of nitrogens with zero attached hydrogens (tertiary/aromatic N) is 1. The van der Waals surface area contributed by atoms with Gasteiger partial charge in [-0.1, -0.05) is 61.4 Å². The molecule has 146 valence electrons. The molecule has 2 atom stereocenters. The highest BCUT2D eigenvalue weighted by atomic mass is 16.5. The third-order valence-corrected chi connectivity index (χ3v) is 6.13. The summed E-state index contributed by atoms with van der Waals surface area (Å²) >= 11 is 0. The SMILES string of the molecule is COC(=O)C1(C(O)CC#CC(c2ccccc2)N2CCCC2)CCCCC1. The number of hydrogen-bond donors (Lipinski definition) is 1. The van der Waals surface area contributed by atoms with E-state index in [0.717, 1.165) is 32.4 Å². The summed E-state index contributed by atoms with van der Waals surface area (Å²) in [6.45, 7) is 2.12. The maximum atomic E-state index is 12.4. The lowest BCUT2D eigenvalue weighted by Crippen LogP contribution is -2.44. The van der Waals surface area contributed by atoms with Gasteiger partial charge in [-0.2, -0.15) is 0 Å². The highest BCUT2D eigenvalue weighted by molar-refractivity contribution is 5.77. The van der Waals surface area contributed by atoms with Gasteiger partial charge in [-0.3, -0.25) is 9.69 Å². The second-order valence-corrected chi connectivity index (χ2v) is 7.81. The van der Waals surface area contributed by atoms with Crippen molar-refractivity contribution in [2.45, 2.75) is 63.5 Å². The summed E-state index contributed by atoms with van der Waals surface area (Å²) in [5, 5.41) is 10.9.